The molecule has 186 valence electrons. The van der Waals surface area contributed by atoms with E-state index < -0.39 is 46.5 Å². The van der Waals surface area contributed by atoms with Gasteiger partial charge in [-0.25, -0.2) is 22.0 Å². The lowest BCUT2D eigenvalue weighted by Gasteiger charge is -2.37. The molecule has 0 bridgehead atoms. The largest absolute Gasteiger partial charge is 0.429 e. The van der Waals surface area contributed by atoms with Gasteiger partial charge < -0.3 is 14.2 Å². The van der Waals surface area contributed by atoms with Crippen LogP contribution in [-0.2, 0) is 15.6 Å². The number of benzene rings is 2. The van der Waals surface area contributed by atoms with Crippen LogP contribution in [0.15, 0.2) is 24.3 Å². The van der Waals surface area contributed by atoms with Crippen LogP contribution in [0.5, 0.6) is 5.75 Å². The van der Waals surface area contributed by atoms with Gasteiger partial charge in [0.05, 0.1) is 13.2 Å². The smallest absolute Gasteiger partial charge is 0.429 e. The third-order valence-corrected chi connectivity index (χ3v) is 6.32. The highest BCUT2D eigenvalue weighted by Gasteiger charge is 2.41. The molecule has 2 fully saturated rings. The molecule has 1 saturated carbocycles. The van der Waals surface area contributed by atoms with Crippen LogP contribution in [-0.4, -0.2) is 19.5 Å². The van der Waals surface area contributed by atoms with E-state index in [0.29, 0.717) is 50.9 Å². The van der Waals surface area contributed by atoms with Gasteiger partial charge in [-0.15, -0.1) is 0 Å². The summed E-state index contributed by atoms with van der Waals surface area (Å²) in [6, 6.07) is 2.13. The summed E-state index contributed by atoms with van der Waals surface area (Å²) in [5.74, 6) is -9.67. The molecule has 0 radical (unpaired) electrons. The zero-order valence-corrected chi connectivity index (χ0v) is 18.2. The third kappa shape index (κ3) is 5.02. The fourth-order valence-electron chi connectivity index (χ4n) is 4.49. The molecule has 2 aliphatic rings. The maximum Gasteiger partial charge on any atom is 0.429 e. The molecule has 0 unspecified atom stereocenters. The molecule has 1 aliphatic carbocycles. The van der Waals surface area contributed by atoms with Crippen LogP contribution in [0.2, 0.25) is 0 Å². The van der Waals surface area contributed by atoms with E-state index in [1.165, 1.54) is 0 Å². The summed E-state index contributed by atoms with van der Waals surface area (Å²) in [5, 5.41) is 0. The molecule has 0 amide bonds. The highest BCUT2D eigenvalue weighted by atomic mass is 19.3. The van der Waals surface area contributed by atoms with E-state index in [4.69, 9.17) is 9.47 Å². The monoisotopic (exact) mass is 492 g/mol. The predicted molar refractivity (Wildman–Crippen MR) is 107 cm³/mol. The second kappa shape index (κ2) is 9.73. The maximum absolute atomic E-state index is 14.8. The van der Waals surface area contributed by atoms with Crippen LogP contribution in [0.3, 0.4) is 0 Å². The Kier molecular flexibility index (Phi) is 7.09. The topological polar surface area (TPSA) is 27.7 Å². The van der Waals surface area contributed by atoms with Gasteiger partial charge in [-0.05, 0) is 43.2 Å². The Hall–Kier alpha value is -2.33. The molecule has 1 saturated heterocycles. The molecule has 2 aromatic rings. The summed E-state index contributed by atoms with van der Waals surface area (Å²) in [4.78, 5) is 0. The maximum atomic E-state index is 14.8. The first-order valence-electron chi connectivity index (χ1n) is 11.0. The van der Waals surface area contributed by atoms with E-state index in [0.717, 1.165) is 6.07 Å². The Labute approximate surface area is 191 Å². The van der Waals surface area contributed by atoms with Crippen molar-refractivity contribution in [3.05, 3.63) is 64.5 Å². The number of hydrogen-bond donors (Lipinski definition) is 0. The van der Waals surface area contributed by atoms with E-state index in [1.54, 1.807) is 0 Å². The summed E-state index contributed by atoms with van der Waals surface area (Å²) in [6.45, 7) is 3.21. The standard InChI is InChI=1S/C24H23F7O3/c1-12-10-32-23(33-11-12)14-4-2-13(3-5-14)16-6-7-17(21(28)20(16)27)24(30,31)34-15-8-18(25)22(29)19(26)9-15/h6-9,12-14,23H,2-5,10-11H2,1H3. The predicted octanol–water partition coefficient (Wildman–Crippen LogP) is 6.79. The van der Waals surface area contributed by atoms with E-state index >= 15 is 0 Å². The molecule has 2 aromatic carbocycles. The minimum absolute atomic E-state index is 0.0338. The van der Waals surface area contributed by atoms with Crippen molar-refractivity contribution in [3.8, 4) is 5.75 Å². The summed E-state index contributed by atoms with van der Waals surface area (Å²) in [5.41, 5.74) is -1.47. The van der Waals surface area contributed by atoms with E-state index in [-0.39, 0.29) is 35.8 Å². The van der Waals surface area contributed by atoms with Crippen molar-refractivity contribution in [2.75, 3.05) is 13.2 Å². The lowest BCUT2D eigenvalue weighted by atomic mass is 9.78. The summed E-state index contributed by atoms with van der Waals surface area (Å²) >= 11 is 0. The van der Waals surface area contributed by atoms with Crippen LogP contribution >= 0.6 is 0 Å². The first kappa shape index (κ1) is 24.8. The SMILES string of the molecule is CC1COC(C2CCC(c3ccc(C(F)(F)Oc4cc(F)c(F)c(F)c4)c(F)c3F)CC2)OC1. The summed E-state index contributed by atoms with van der Waals surface area (Å²) in [6.07, 6.45) is -2.51. The van der Waals surface area contributed by atoms with E-state index in [1.807, 2.05) is 6.92 Å². The molecule has 34 heavy (non-hydrogen) atoms. The van der Waals surface area contributed by atoms with Gasteiger partial charge in [0.25, 0.3) is 0 Å². The van der Waals surface area contributed by atoms with Crippen LogP contribution in [0.1, 0.15) is 49.7 Å². The molecule has 0 spiro atoms. The molecule has 10 heteroatoms. The van der Waals surface area contributed by atoms with Crippen molar-refractivity contribution in [2.24, 2.45) is 11.8 Å². The van der Waals surface area contributed by atoms with Crippen LogP contribution in [0.25, 0.3) is 0 Å². The highest BCUT2D eigenvalue weighted by molar-refractivity contribution is 5.33. The number of rotatable bonds is 5. The second-order valence-corrected chi connectivity index (χ2v) is 8.90. The minimum atomic E-state index is -4.47. The lowest BCUT2D eigenvalue weighted by Crippen LogP contribution is -2.37. The number of alkyl halides is 2. The fourth-order valence-corrected chi connectivity index (χ4v) is 4.49. The molecule has 4 rings (SSSR count). The number of hydrogen-bond acceptors (Lipinski definition) is 3. The molecular formula is C24H23F7O3. The van der Waals surface area contributed by atoms with Crippen LogP contribution in [0.4, 0.5) is 30.7 Å². The molecule has 0 atom stereocenters. The minimum Gasteiger partial charge on any atom is -0.429 e. The average Bonchev–Trinajstić information content (AvgIpc) is 2.79. The molecule has 1 heterocycles. The number of halogens is 7. The summed E-state index contributed by atoms with van der Waals surface area (Å²) in [7, 11) is 0. The van der Waals surface area contributed by atoms with Gasteiger partial charge in [0, 0.05) is 24.0 Å². The first-order chi connectivity index (χ1) is 16.1. The molecular weight excluding hydrogens is 469 g/mol. The molecule has 1 aliphatic heterocycles. The van der Waals surface area contributed by atoms with Crippen molar-refractivity contribution in [2.45, 2.75) is 50.9 Å². The highest BCUT2D eigenvalue weighted by Crippen LogP contribution is 2.42. The normalized spacial score (nSPS) is 25.9. The van der Waals surface area contributed by atoms with Crippen molar-refractivity contribution in [1.29, 1.82) is 0 Å². The van der Waals surface area contributed by atoms with Crippen molar-refractivity contribution >= 4 is 0 Å². The average molecular weight is 492 g/mol. The van der Waals surface area contributed by atoms with Crippen LogP contribution < -0.4 is 4.74 Å². The fraction of sp³-hybridized carbons (Fsp3) is 0.500. The van der Waals surface area contributed by atoms with Crippen molar-refractivity contribution < 1.29 is 44.9 Å². The van der Waals surface area contributed by atoms with Crippen LogP contribution in [0, 0.1) is 40.9 Å². The van der Waals surface area contributed by atoms with Gasteiger partial charge >= 0.3 is 6.11 Å². The number of ether oxygens (including phenoxy) is 3. The lowest BCUT2D eigenvalue weighted by molar-refractivity contribution is -0.226. The first-order valence-corrected chi connectivity index (χ1v) is 11.0. The van der Waals surface area contributed by atoms with Gasteiger partial charge in [-0.1, -0.05) is 13.0 Å². The summed E-state index contributed by atoms with van der Waals surface area (Å²) < 4.78 is 114. The van der Waals surface area contributed by atoms with Gasteiger partial charge in [-0.3, -0.25) is 0 Å². The zero-order valence-electron chi connectivity index (χ0n) is 18.2. The Morgan fingerprint density at radius 2 is 1.41 bits per heavy atom. The van der Waals surface area contributed by atoms with Gasteiger partial charge in [0.15, 0.2) is 35.4 Å². The third-order valence-electron chi connectivity index (χ3n) is 6.32. The molecule has 0 aromatic heterocycles. The Morgan fingerprint density at radius 3 is 2.00 bits per heavy atom. The second-order valence-electron chi connectivity index (χ2n) is 8.90. The van der Waals surface area contributed by atoms with E-state index in [2.05, 4.69) is 4.74 Å². The Balaban J connectivity index is 1.47. The van der Waals surface area contributed by atoms with Crippen molar-refractivity contribution in [1.82, 2.24) is 0 Å². The Morgan fingerprint density at radius 1 is 0.824 bits per heavy atom. The van der Waals surface area contributed by atoms with Crippen molar-refractivity contribution in [3.63, 3.8) is 0 Å². The molecule has 0 N–H and O–H groups in total. The molecule has 3 nitrogen and oxygen atoms in total. The Bertz CT molecular complexity index is 1010. The van der Waals surface area contributed by atoms with Gasteiger partial charge in [-0.2, -0.15) is 8.78 Å². The van der Waals surface area contributed by atoms with E-state index in [9.17, 15) is 30.7 Å². The zero-order chi connectivity index (χ0) is 24.6. The van der Waals surface area contributed by atoms with Gasteiger partial charge in [0.1, 0.15) is 11.3 Å². The van der Waals surface area contributed by atoms with Gasteiger partial charge in [0.2, 0.25) is 0 Å². The quantitative estimate of drug-likeness (QED) is 0.340.